The number of rotatable bonds is 4. The van der Waals surface area contributed by atoms with Crippen LogP contribution in [0.5, 0.6) is 5.75 Å². The fraction of sp³-hybridized carbons (Fsp3) is 0.478. The number of ether oxygens (including phenoxy) is 1. The fourth-order valence-corrected chi connectivity index (χ4v) is 5.17. The molecule has 0 spiro atoms. The van der Waals surface area contributed by atoms with E-state index in [1.165, 1.54) is 6.33 Å². The fourth-order valence-electron chi connectivity index (χ4n) is 4.91. The molecule has 180 valence electrons. The normalized spacial score (nSPS) is 18.8. The van der Waals surface area contributed by atoms with Crippen LogP contribution in [0.3, 0.4) is 0 Å². The third kappa shape index (κ3) is 3.56. The van der Waals surface area contributed by atoms with Gasteiger partial charge in [0.1, 0.15) is 24.0 Å². The molecule has 3 heterocycles. The number of methoxy groups -OCH3 is 1. The molecule has 0 saturated carbocycles. The summed E-state index contributed by atoms with van der Waals surface area (Å²) in [6.45, 7) is 5.06. The lowest BCUT2D eigenvalue weighted by molar-refractivity contribution is 0.127. The van der Waals surface area contributed by atoms with E-state index in [-0.39, 0.29) is 24.0 Å². The molecular weight excluding hydrogens is 456 g/mol. The Hall–Kier alpha value is -3.29. The standard InChI is InChI=1S/C23H29ClN8O2/c1-12(32-22-18(13(2)30(32)5)21(26)27-11-28-22)15-7-17(24)16(8-25)19(20(15)34-6)14-9-31(10-14)23(33)29(3)4/h7,11-14H,9-10H2,1-6H3,(H2,26,27,28). The number of hydrazine groups is 1. The number of hydrogen-bond acceptors (Lipinski definition) is 8. The molecule has 1 aromatic carbocycles. The van der Waals surface area contributed by atoms with Gasteiger partial charge in [0.05, 0.1) is 35.3 Å². The number of carbonyl (C=O) groups is 1. The number of carbonyl (C=O) groups excluding carboxylic acids is 1. The van der Waals surface area contributed by atoms with E-state index < -0.39 is 0 Å². The number of amides is 2. The monoisotopic (exact) mass is 484 g/mol. The Morgan fingerprint density at radius 2 is 2.03 bits per heavy atom. The first-order chi connectivity index (χ1) is 16.1. The van der Waals surface area contributed by atoms with E-state index >= 15 is 0 Å². The van der Waals surface area contributed by atoms with Crippen LogP contribution in [0.1, 0.15) is 54.1 Å². The number of fused-ring (bicyclic) bond motifs is 1. The molecule has 1 fully saturated rings. The zero-order chi connectivity index (χ0) is 24.9. The number of urea groups is 1. The Kier molecular flexibility index (Phi) is 6.18. The summed E-state index contributed by atoms with van der Waals surface area (Å²) in [5.74, 6) is 1.72. The lowest BCUT2D eigenvalue weighted by Crippen LogP contribution is -2.52. The summed E-state index contributed by atoms with van der Waals surface area (Å²) >= 11 is 6.63. The van der Waals surface area contributed by atoms with Gasteiger partial charge in [-0.15, -0.1) is 0 Å². The Balaban J connectivity index is 1.78. The number of hydrogen-bond donors (Lipinski definition) is 1. The van der Waals surface area contributed by atoms with Crippen LogP contribution in [0, 0.1) is 11.3 Å². The third-order valence-electron chi connectivity index (χ3n) is 6.80. The molecule has 2 atom stereocenters. The topological polar surface area (TPSA) is 115 Å². The highest BCUT2D eigenvalue weighted by atomic mass is 35.5. The van der Waals surface area contributed by atoms with Gasteiger partial charge in [0.15, 0.2) is 5.82 Å². The molecular formula is C23H29ClN8O2. The maximum absolute atomic E-state index is 12.3. The van der Waals surface area contributed by atoms with Crippen molar-refractivity contribution < 1.29 is 9.53 Å². The minimum absolute atomic E-state index is 0.0183. The number of nitrogen functional groups attached to an aromatic ring is 1. The number of nitriles is 1. The minimum atomic E-state index is -0.235. The molecule has 10 nitrogen and oxygen atoms in total. The van der Waals surface area contributed by atoms with Crippen LogP contribution in [0.2, 0.25) is 5.02 Å². The summed E-state index contributed by atoms with van der Waals surface area (Å²) in [4.78, 5) is 24.3. The average molecular weight is 485 g/mol. The second-order valence-electron chi connectivity index (χ2n) is 8.93. The average Bonchev–Trinajstić information content (AvgIpc) is 3.03. The first-order valence-corrected chi connectivity index (χ1v) is 11.4. The number of nitrogens with two attached hydrogens (primary N) is 1. The summed E-state index contributed by atoms with van der Waals surface area (Å²) < 4.78 is 5.90. The SMILES string of the molecule is COc1c(C(C)N2c3ncnc(N)c3C(C)N2C)cc(Cl)c(C#N)c1C1CN(C(=O)N(C)C)C1. The van der Waals surface area contributed by atoms with E-state index in [4.69, 9.17) is 22.1 Å². The van der Waals surface area contributed by atoms with E-state index in [0.717, 1.165) is 22.5 Å². The Bertz CT molecular complexity index is 1170. The van der Waals surface area contributed by atoms with Gasteiger partial charge in [-0.1, -0.05) is 11.6 Å². The quantitative estimate of drug-likeness (QED) is 0.703. The van der Waals surface area contributed by atoms with E-state index in [1.807, 2.05) is 25.9 Å². The summed E-state index contributed by atoms with van der Waals surface area (Å²) in [5, 5.41) is 14.4. The van der Waals surface area contributed by atoms with Crippen LogP contribution >= 0.6 is 11.6 Å². The van der Waals surface area contributed by atoms with Gasteiger partial charge in [-0.05, 0) is 19.9 Å². The number of benzene rings is 1. The molecule has 1 saturated heterocycles. The van der Waals surface area contributed by atoms with Crippen molar-refractivity contribution in [2.75, 3.05) is 52.1 Å². The van der Waals surface area contributed by atoms with Crippen molar-refractivity contribution in [3.05, 3.63) is 39.7 Å². The van der Waals surface area contributed by atoms with Crippen molar-refractivity contribution in [3.63, 3.8) is 0 Å². The summed E-state index contributed by atoms with van der Waals surface area (Å²) in [7, 11) is 7.00. The zero-order valence-electron chi connectivity index (χ0n) is 20.2. The van der Waals surface area contributed by atoms with Gasteiger partial charge in [-0.25, -0.2) is 19.8 Å². The highest BCUT2D eigenvalue weighted by Gasteiger charge is 2.41. The highest BCUT2D eigenvalue weighted by Crippen LogP contribution is 2.48. The molecule has 2 aromatic rings. The minimum Gasteiger partial charge on any atom is -0.496 e. The molecule has 2 N–H and O–H groups in total. The van der Waals surface area contributed by atoms with E-state index in [1.54, 1.807) is 37.1 Å². The van der Waals surface area contributed by atoms with Crippen molar-refractivity contribution in [2.45, 2.75) is 31.8 Å². The molecule has 1 aromatic heterocycles. The first kappa shape index (κ1) is 23.9. The van der Waals surface area contributed by atoms with Crippen molar-refractivity contribution >= 4 is 29.3 Å². The second kappa shape index (κ2) is 8.81. The molecule has 2 aliphatic heterocycles. The van der Waals surface area contributed by atoms with Crippen LogP contribution < -0.4 is 15.5 Å². The van der Waals surface area contributed by atoms with Gasteiger partial charge in [0.25, 0.3) is 0 Å². The Morgan fingerprint density at radius 3 is 2.62 bits per heavy atom. The molecule has 0 bridgehead atoms. The van der Waals surface area contributed by atoms with Crippen molar-refractivity contribution in [1.82, 2.24) is 24.8 Å². The predicted octanol–water partition coefficient (Wildman–Crippen LogP) is 3.16. The molecule has 11 heteroatoms. The summed E-state index contributed by atoms with van der Waals surface area (Å²) in [6.07, 6.45) is 1.46. The summed E-state index contributed by atoms with van der Waals surface area (Å²) in [6, 6.07) is 3.71. The molecule has 0 radical (unpaired) electrons. The third-order valence-corrected chi connectivity index (χ3v) is 7.10. The maximum Gasteiger partial charge on any atom is 0.319 e. The summed E-state index contributed by atoms with van der Waals surface area (Å²) in [5.41, 5.74) is 8.98. The number of nitrogens with zero attached hydrogens (tertiary/aromatic N) is 7. The van der Waals surface area contributed by atoms with Crippen molar-refractivity contribution in [3.8, 4) is 11.8 Å². The van der Waals surface area contributed by atoms with E-state index in [0.29, 0.717) is 35.2 Å². The molecule has 2 aliphatic rings. The van der Waals surface area contributed by atoms with Crippen molar-refractivity contribution in [1.29, 1.82) is 5.26 Å². The van der Waals surface area contributed by atoms with Crippen LogP contribution in [0.4, 0.5) is 16.4 Å². The van der Waals surface area contributed by atoms with E-state index in [9.17, 15) is 10.1 Å². The number of anilines is 2. The first-order valence-electron chi connectivity index (χ1n) is 11.0. The lowest BCUT2D eigenvalue weighted by atomic mass is 9.85. The smallest absolute Gasteiger partial charge is 0.319 e. The van der Waals surface area contributed by atoms with Crippen LogP contribution in [0.15, 0.2) is 12.4 Å². The molecule has 2 amide bonds. The zero-order valence-corrected chi connectivity index (χ0v) is 21.0. The van der Waals surface area contributed by atoms with Crippen LogP contribution in [-0.4, -0.2) is 72.2 Å². The van der Waals surface area contributed by atoms with Gasteiger partial charge in [0.2, 0.25) is 0 Å². The Morgan fingerprint density at radius 1 is 1.35 bits per heavy atom. The number of aromatic nitrogens is 2. The number of likely N-dealkylation sites (tertiary alicyclic amines) is 1. The van der Waals surface area contributed by atoms with Crippen LogP contribution in [-0.2, 0) is 0 Å². The molecule has 34 heavy (non-hydrogen) atoms. The van der Waals surface area contributed by atoms with Gasteiger partial charge < -0.3 is 20.3 Å². The molecule has 0 aliphatic carbocycles. The van der Waals surface area contributed by atoms with Gasteiger partial charge >= 0.3 is 6.03 Å². The van der Waals surface area contributed by atoms with Crippen molar-refractivity contribution in [2.24, 2.45) is 0 Å². The highest BCUT2D eigenvalue weighted by molar-refractivity contribution is 6.32. The second-order valence-corrected chi connectivity index (χ2v) is 9.33. The molecule has 2 unspecified atom stereocenters. The number of halogens is 1. The van der Waals surface area contributed by atoms with Crippen LogP contribution in [0.25, 0.3) is 0 Å². The Labute approximate surface area is 204 Å². The van der Waals surface area contributed by atoms with Gasteiger partial charge in [0, 0.05) is 51.3 Å². The predicted molar refractivity (Wildman–Crippen MR) is 130 cm³/mol. The lowest BCUT2D eigenvalue weighted by Gasteiger charge is -2.42. The van der Waals surface area contributed by atoms with Gasteiger partial charge in [-0.3, -0.25) is 5.01 Å². The van der Waals surface area contributed by atoms with Gasteiger partial charge in [-0.2, -0.15) is 5.26 Å². The maximum atomic E-state index is 12.3. The van der Waals surface area contributed by atoms with E-state index in [2.05, 4.69) is 21.0 Å². The molecule has 4 rings (SSSR count). The largest absolute Gasteiger partial charge is 0.496 e.